The van der Waals surface area contributed by atoms with Gasteiger partial charge in [0.2, 0.25) is 5.91 Å². The van der Waals surface area contributed by atoms with E-state index in [2.05, 4.69) is 16.7 Å². The van der Waals surface area contributed by atoms with Gasteiger partial charge in [0.15, 0.2) is 0 Å². The van der Waals surface area contributed by atoms with Crippen LogP contribution in [0.5, 0.6) is 0 Å². The summed E-state index contributed by atoms with van der Waals surface area (Å²) in [5, 5.41) is 14.3. The van der Waals surface area contributed by atoms with E-state index in [-0.39, 0.29) is 12.0 Å². The Kier molecular flexibility index (Phi) is 6.54. The van der Waals surface area contributed by atoms with Gasteiger partial charge in [0.05, 0.1) is 25.2 Å². The Hall–Kier alpha value is -1.12. The molecule has 1 atom stereocenters. The Morgan fingerprint density at radius 2 is 2.44 bits per heavy atom. The standard InChI is InChI=1S/C11H19N3O2/c12-4-2-1-3-5-14-11(15)8-10-9-13-6-7-16-10/h10,13H,1-3,5-9H2,(H,14,15). The third-order valence-corrected chi connectivity index (χ3v) is 2.45. The maximum absolute atomic E-state index is 11.5. The lowest BCUT2D eigenvalue weighted by molar-refractivity contribution is -0.124. The van der Waals surface area contributed by atoms with Gasteiger partial charge in [-0.25, -0.2) is 0 Å². The Morgan fingerprint density at radius 1 is 1.56 bits per heavy atom. The smallest absolute Gasteiger partial charge is 0.222 e. The number of ether oxygens (including phenoxy) is 1. The molecule has 0 saturated carbocycles. The molecule has 1 amide bonds. The second-order valence-electron chi connectivity index (χ2n) is 3.87. The SMILES string of the molecule is N#CCCCCNC(=O)CC1CNCCO1. The molecule has 0 radical (unpaired) electrons. The van der Waals surface area contributed by atoms with Crippen molar-refractivity contribution in [1.29, 1.82) is 5.26 Å². The predicted octanol–water partition coefficient (Wildman–Crippen LogP) is 0.175. The van der Waals surface area contributed by atoms with Gasteiger partial charge in [-0.1, -0.05) is 0 Å². The Bertz CT molecular complexity index is 244. The highest BCUT2D eigenvalue weighted by atomic mass is 16.5. The zero-order chi connectivity index (χ0) is 11.6. The highest BCUT2D eigenvalue weighted by Crippen LogP contribution is 2.01. The van der Waals surface area contributed by atoms with Crippen LogP contribution in [-0.2, 0) is 9.53 Å². The number of amides is 1. The number of hydrogen-bond acceptors (Lipinski definition) is 4. The van der Waals surface area contributed by atoms with Crippen LogP contribution in [0.1, 0.15) is 25.7 Å². The van der Waals surface area contributed by atoms with Crippen molar-refractivity contribution in [1.82, 2.24) is 10.6 Å². The van der Waals surface area contributed by atoms with Crippen molar-refractivity contribution in [3.05, 3.63) is 0 Å². The summed E-state index contributed by atoms with van der Waals surface area (Å²) >= 11 is 0. The van der Waals surface area contributed by atoms with Crippen LogP contribution in [0.2, 0.25) is 0 Å². The van der Waals surface area contributed by atoms with Gasteiger partial charge in [-0.15, -0.1) is 0 Å². The first-order chi connectivity index (χ1) is 7.83. The van der Waals surface area contributed by atoms with E-state index >= 15 is 0 Å². The third-order valence-electron chi connectivity index (χ3n) is 2.45. The van der Waals surface area contributed by atoms with Crippen molar-refractivity contribution >= 4 is 5.91 Å². The molecule has 0 spiro atoms. The summed E-state index contributed by atoms with van der Waals surface area (Å²) in [5.74, 6) is 0.0330. The summed E-state index contributed by atoms with van der Waals surface area (Å²) in [4.78, 5) is 11.5. The van der Waals surface area contributed by atoms with Crippen molar-refractivity contribution < 1.29 is 9.53 Å². The van der Waals surface area contributed by atoms with Crippen LogP contribution in [0.15, 0.2) is 0 Å². The molecule has 1 saturated heterocycles. The minimum atomic E-state index is 0.00728. The van der Waals surface area contributed by atoms with E-state index in [4.69, 9.17) is 10.00 Å². The van der Waals surface area contributed by atoms with E-state index in [1.807, 2.05) is 0 Å². The van der Waals surface area contributed by atoms with Crippen LogP contribution >= 0.6 is 0 Å². The van der Waals surface area contributed by atoms with Crippen LogP contribution in [-0.4, -0.2) is 38.3 Å². The normalized spacial score (nSPS) is 20.1. The average molecular weight is 225 g/mol. The van der Waals surface area contributed by atoms with Gasteiger partial charge in [-0.3, -0.25) is 4.79 Å². The van der Waals surface area contributed by atoms with Crippen molar-refractivity contribution in [2.45, 2.75) is 31.8 Å². The second kappa shape index (κ2) is 8.08. The van der Waals surface area contributed by atoms with Gasteiger partial charge in [0.25, 0.3) is 0 Å². The lowest BCUT2D eigenvalue weighted by atomic mass is 10.2. The Labute approximate surface area is 96.2 Å². The Balaban J connectivity index is 1.99. The van der Waals surface area contributed by atoms with E-state index in [0.717, 1.165) is 25.9 Å². The number of unbranched alkanes of at least 4 members (excludes halogenated alkanes) is 2. The highest BCUT2D eigenvalue weighted by Gasteiger charge is 2.16. The highest BCUT2D eigenvalue weighted by molar-refractivity contribution is 5.76. The largest absolute Gasteiger partial charge is 0.375 e. The zero-order valence-electron chi connectivity index (χ0n) is 9.50. The fourth-order valence-electron chi connectivity index (χ4n) is 1.59. The third kappa shape index (κ3) is 5.69. The minimum absolute atomic E-state index is 0.00728. The lowest BCUT2D eigenvalue weighted by Crippen LogP contribution is -2.41. The molecule has 5 heteroatoms. The maximum atomic E-state index is 11.5. The van der Waals surface area contributed by atoms with E-state index in [0.29, 0.717) is 26.0 Å². The molecule has 1 rings (SSSR count). The van der Waals surface area contributed by atoms with Crippen molar-refractivity contribution in [2.24, 2.45) is 0 Å². The first-order valence-electron chi connectivity index (χ1n) is 5.79. The van der Waals surface area contributed by atoms with Gasteiger partial charge >= 0.3 is 0 Å². The van der Waals surface area contributed by atoms with Crippen LogP contribution in [0.4, 0.5) is 0 Å². The molecule has 2 N–H and O–H groups in total. The van der Waals surface area contributed by atoms with E-state index in [9.17, 15) is 4.79 Å². The molecular weight excluding hydrogens is 206 g/mol. The topological polar surface area (TPSA) is 74.2 Å². The summed E-state index contributed by atoms with van der Waals surface area (Å²) in [7, 11) is 0. The summed E-state index contributed by atoms with van der Waals surface area (Å²) < 4.78 is 5.43. The number of nitrogens with zero attached hydrogens (tertiary/aromatic N) is 1. The molecule has 90 valence electrons. The van der Waals surface area contributed by atoms with E-state index < -0.39 is 0 Å². The number of hydrogen-bond donors (Lipinski definition) is 2. The average Bonchev–Trinajstić information content (AvgIpc) is 2.30. The van der Waals surface area contributed by atoms with Gasteiger partial charge in [0, 0.05) is 26.1 Å². The maximum Gasteiger partial charge on any atom is 0.222 e. The van der Waals surface area contributed by atoms with Crippen LogP contribution < -0.4 is 10.6 Å². The fourth-order valence-corrected chi connectivity index (χ4v) is 1.59. The molecule has 1 aliphatic rings. The molecule has 1 heterocycles. The molecule has 1 unspecified atom stereocenters. The van der Waals surface area contributed by atoms with Crippen molar-refractivity contribution in [3.8, 4) is 6.07 Å². The second-order valence-corrected chi connectivity index (χ2v) is 3.87. The zero-order valence-corrected chi connectivity index (χ0v) is 9.50. The molecule has 0 aromatic rings. The lowest BCUT2D eigenvalue weighted by Gasteiger charge is -2.23. The molecule has 0 aromatic heterocycles. The molecular formula is C11H19N3O2. The van der Waals surface area contributed by atoms with Crippen LogP contribution in [0.3, 0.4) is 0 Å². The number of nitrogens with one attached hydrogen (secondary N) is 2. The number of carbonyl (C=O) groups excluding carboxylic acids is 1. The van der Waals surface area contributed by atoms with Gasteiger partial charge < -0.3 is 15.4 Å². The molecule has 1 fully saturated rings. The van der Waals surface area contributed by atoms with Crippen molar-refractivity contribution in [3.63, 3.8) is 0 Å². The molecule has 0 aromatic carbocycles. The van der Waals surface area contributed by atoms with E-state index in [1.54, 1.807) is 0 Å². The number of nitriles is 1. The molecule has 1 aliphatic heterocycles. The number of morpholine rings is 1. The summed E-state index contributed by atoms with van der Waals surface area (Å²) in [6.07, 6.45) is 2.70. The van der Waals surface area contributed by atoms with E-state index in [1.165, 1.54) is 0 Å². The first-order valence-corrected chi connectivity index (χ1v) is 5.79. The molecule has 0 bridgehead atoms. The monoisotopic (exact) mass is 225 g/mol. The summed E-state index contributed by atoms with van der Waals surface area (Å²) in [6.45, 7) is 2.95. The summed E-state index contributed by atoms with van der Waals surface area (Å²) in [6, 6.07) is 2.08. The van der Waals surface area contributed by atoms with Gasteiger partial charge in [-0.05, 0) is 12.8 Å². The Morgan fingerprint density at radius 3 is 3.12 bits per heavy atom. The molecule has 0 aliphatic carbocycles. The minimum Gasteiger partial charge on any atom is -0.375 e. The van der Waals surface area contributed by atoms with Crippen LogP contribution in [0, 0.1) is 11.3 Å². The van der Waals surface area contributed by atoms with Gasteiger partial charge in [0.1, 0.15) is 0 Å². The fraction of sp³-hybridized carbons (Fsp3) is 0.818. The van der Waals surface area contributed by atoms with Crippen molar-refractivity contribution in [2.75, 3.05) is 26.2 Å². The first kappa shape index (κ1) is 12.9. The number of rotatable bonds is 6. The molecule has 16 heavy (non-hydrogen) atoms. The van der Waals surface area contributed by atoms with Gasteiger partial charge in [-0.2, -0.15) is 5.26 Å². The predicted molar refractivity (Wildman–Crippen MR) is 59.7 cm³/mol. The quantitative estimate of drug-likeness (QED) is 0.632. The number of carbonyl (C=O) groups is 1. The summed E-state index contributed by atoms with van der Waals surface area (Å²) in [5.41, 5.74) is 0. The van der Waals surface area contributed by atoms with Crippen LogP contribution in [0.25, 0.3) is 0 Å². The molecule has 5 nitrogen and oxygen atoms in total.